The summed E-state index contributed by atoms with van der Waals surface area (Å²) in [6, 6.07) is 12.7. The summed E-state index contributed by atoms with van der Waals surface area (Å²) in [6.45, 7) is 0. The summed E-state index contributed by atoms with van der Waals surface area (Å²) in [4.78, 5) is 16.5. The second-order valence-corrected chi connectivity index (χ2v) is 8.52. The van der Waals surface area contributed by atoms with Gasteiger partial charge in [0, 0.05) is 28.2 Å². The van der Waals surface area contributed by atoms with Gasteiger partial charge in [-0.3, -0.25) is 4.79 Å². The Labute approximate surface area is 194 Å². The number of rotatable bonds is 5. The average molecular weight is 478 g/mol. The minimum atomic E-state index is -4.52. The molecule has 1 amide bonds. The van der Waals surface area contributed by atoms with Gasteiger partial charge in [0.25, 0.3) is 5.91 Å². The van der Waals surface area contributed by atoms with Crippen LogP contribution in [0.25, 0.3) is 10.9 Å². The predicted molar refractivity (Wildman–Crippen MR) is 122 cm³/mol. The molecule has 1 aliphatic carbocycles. The quantitative estimate of drug-likeness (QED) is 0.468. The molecule has 2 aromatic carbocycles. The van der Waals surface area contributed by atoms with Gasteiger partial charge in [-0.05, 0) is 56.0 Å². The van der Waals surface area contributed by atoms with Crippen molar-refractivity contribution in [3.8, 4) is 5.75 Å². The van der Waals surface area contributed by atoms with Gasteiger partial charge >= 0.3 is 6.18 Å². The zero-order valence-electron chi connectivity index (χ0n) is 17.9. The lowest BCUT2D eigenvalue weighted by molar-refractivity contribution is -0.140. The maximum Gasteiger partial charge on any atom is 0.433 e. The van der Waals surface area contributed by atoms with E-state index in [2.05, 4.69) is 15.6 Å². The van der Waals surface area contributed by atoms with Crippen molar-refractivity contribution < 1.29 is 22.7 Å². The number of pyridine rings is 1. The monoisotopic (exact) mass is 477 g/mol. The molecule has 9 heteroatoms. The van der Waals surface area contributed by atoms with Crippen molar-refractivity contribution in [3.63, 3.8) is 0 Å². The summed E-state index contributed by atoms with van der Waals surface area (Å²) in [5.41, 5.74) is 0.214. The number of hydrogen-bond donors (Lipinski definition) is 2. The molecule has 0 unspecified atom stereocenters. The van der Waals surface area contributed by atoms with Crippen LogP contribution >= 0.6 is 11.6 Å². The second-order valence-electron chi connectivity index (χ2n) is 8.08. The van der Waals surface area contributed by atoms with Crippen LogP contribution in [0.2, 0.25) is 5.02 Å². The molecule has 3 aromatic rings. The molecule has 2 N–H and O–H groups in total. The lowest BCUT2D eigenvalue weighted by atomic mass is 9.90. The van der Waals surface area contributed by atoms with Crippen LogP contribution in [0.1, 0.15) is 41.7 Å². The number of carbonyl (C=O) groups is 1. The van der Waals surface area contributed by atoms with E-state index in [9.17, 15) is 18.0 Å². The number of amides is 1. The van der Waals surface area contributed by atoms with Crippen LogP contribution in [0.5, 0.6) is 5.75 Å². The van der Waals surface area contributed by atoms with E-state index in [1.807, 2.05) is 0 Å². The number of alkyl halides is 3. The molecule has 1 heterocycles. The van der Waals surface area contributed by atoms with Crippen molar-refractivity contribution in [2.24, 2.45) is 0 Å². The molecule has 1 saturated carbocycles. The number of hydrogen-bond acceptors (Lipinski definition) is 4. The topological polar surface area (TPSA) is 63.2 Å². The highest BCUT2D eigenvalue weighted by Gasteiger charge is 2.34. The smallest absolute Gasteiger partial charge is 0.433 e. The van der Waals surface area contributed by atoms with Crippen molar-refractivity contribution >= 4 is 34.1 Å². The molecular formula is C24H23ClF3N3O2. The molecule has 174 valence electrons. The zero-order chi connectivity index (χ0) is 23.6. The predicted octanol–water partition coefficient (Wildman–Crippen LogP) is 6.07. The van der Waals surface area contributed by atoms with Gasteiger partial charge < -0.3 is 15.4 Å². The van der Waals surface area contributed by atoms with E-state index >= 15 is 0 Å². The summed E-state index contributed by atoms with van der Waals surface area (Å²) in [6.07, 6.45) is -1.70. The maximum atomic E-state index is 13.3. The van der Waals surface area contributed by atoms with Crippen molar-refractivity contribution in [2.45, 2.75) is 43.9 Å². The van der Waals surface area contributed by atoms with Gasteiger partial charge in [-0.25, -0.2) is 4.98 Å². The first-order valence-corrected chi connectivity index (χ1v) is 11.0. The Kier molecular flexibility index (Phi) is 6.65. The molecule has 33 heavy (non-hydrogen) atoms. The maximum absolute atomic E-state index is 13.3. The van der Waals surface area contributed by atoms with E-state index in [4.69, 9.17) is 16.3 Å². The third kappa shape index (κ3) is 5.33. The molecule has 0 spiro atoms. The molecule has 1 fully saturated rings. The van der Waals surface area contributed by atoms with Crippen molar-refractivity contribution in [1.82, 2.24) is 10.3 Å². The summed E-state index contributed by atoms with van der Waals surface area (Å²) in [5.74, 6) is 0.162. The SMILES string of the molecule is COc1cc(Cl)ccc1C(=O)NC1CCC(Nc2cc(C(F)(F)F)nc3ccccc23)CC1. The van der Waals surface area contributed by atoms with Gasteiger partial charge in [0.1, 0.15) is 11.4 Å². The van der Waals surface area contributed by atoms with E-state index in [1.54, 1.807) is 42.5 Å². The van der Waals surface area contributed by atoms with E-state index in [0.29, 0.717) is 58.6 Å². The molecule has 0 bridgehead atoms. The lowest BCUT2D eigenvalue weighted by Gasteiger charge is -2.31. The number of benzene rings is 2. The van der Waals surface area contributed by atoms with Crippen molar-refractivity contribution in [2.75, 3.05) is 12.4 Å². The number of halogens is 4. The minimum Gasteiger partial charge on any atom is -0.496 e. The van der Waals surface area contributed by atoms with Crippen LogP contribution in [-0.2, 0) is 6.18 Å². The molecule has 1 aromatic heterocycles. The molecule has 0 saturated heterocycles. The Hall–Kier alpha value is -3.00. The van der Waals surface area contributed by atoms with Crippen LogP contribution < -0.4 is 15.4 Å². The molecule has 5 nitrogen and oxygen atoms in total. The Morgan fingerprint density at radius 3 is 2.45 bits per heavy atom. The van der Waals surface area contributed by atoms with Crippen LogP contribution in [0.15, 0.2) is 48.5 Å². The first-order chi connectivity index (χ1) is 15.7. The van der Waals surface area contributed by atoms with E-state index in [0.717, 1.165) is 6.07 Å². The summed E-state index contributed by atoms with van der Waals surface area (Å²) in [5, 5.41) is 7.43. The first-order valence-electron chi connectivity index (χ1n) is 10.6. The van der Waals surface area contributed by atoms with Crippen LogP contribution in [0.4, 0.5) is 18.9 Å². The normalized spacial score (nSPS) is 18.7. The second kappa shape index (κ2) is 9.47. The van der Waals surface area contributed by atoms with Gasteiger partial charge in [0.2, 0.25) is 0 Å². The highest BCUT2D eigenvalue weighted by Crippen LogP contribution is 2.34. The Bertz CT molecular complexity index is 1160. The van der Waals surface area contributed by atoms with Crippen molar-refractivity contribution in [3.05, 3.63) is 64.8 Å². The van der Waals surface area contributed by atoms with Crippen LogP contribution in [0.3, 0.4) is 0 Å². The highest BCUT2D eigenvalue weighted by molar-refractivity contribution is 6.30. The van der Waals surface area contributed by atoms with Crippen LogP contribution in [-0.4, -0.2) is 30.1 Å². The van der Waals surface area contributed by atoms with Gasteiger partial charge in [0.05, 0.1) is 18.2 Å². The van der Waals surface area contributed by atoms with E-state index in [1.165, 1.54) is 7.11 Å². The van der Waals surface area contributed by atoms with Gasteiger partial charge in [-0.1, -0.05) is 29.8 Å². The molecule has 0 aliphatic heterocycles. The zero-order valence-corrected chi connectivity index (χ0v) is 18.6. The van der Waals surface area contributed by atoms with Gasteiger partial charge in [-0.15, -0.1) is 0 Å². The summed E-state index contributed by atoms with van der Waals surface area (Å²) >= 11 is 5.96. The number of nitrogens with one attached hydrogen (secondary N) is 2. The summed E-state index contributed by atoms with van der Waals surface area (Å²) in [7, 11) is 1.48. The molecule has 4 rings (SSSR count). The molecule has 1 aliphatic rings. The fraction of sp³-hybridized carbons (Fsp3) is 0.333. The minimum absolute atomic E-state index is 0.00453. The third-order valence-electron chi connectivity index (χ3n) is 5.84. The number of para-hydroxylation sites is 1. The molecule has 0 radical (unpaired) electrons. The fourth-order valence-corrected chi connectivity index (χ4v) is 4.32. The molecule has 0 atom stereocenters. The Balaban J connectivity index is 1.42. The van der Waals surface area contributed by atoms with Gasteiger partial charge in [-0.2, -0.15) is 13.2 Å². The Morgan fingerprint density at radius 2 is 1.76 bits per heavy atom. The average Bonchev–Trinajstić information content (AvgIpc) is 2.79. The first kappa shape index (κ1) is 23.2. The largest absolute Gasteiger partial charge is 0.496 e. The number of carbonyl (C=O) groups excluding carboxylic acids is 1. The lowest BCUT2D eigenvalue weighted by Crippen LogP contribution is -2.40. The highest BCUT2D eigenvalue weighted by atomic mass is 35.5. The van der Waals surface area contributed by atoms with Crippen molar-refractivity contribution in [1.29, 1.82) is 0 Å². The number of nitrogens with zero attached hydrogens (tertiary/aromatic N) is 1. The number of methoxy groups -OCH3 is 1. The summed E-state index contributed by atoms with van der Waals surface area (Å²) < 4.78 is 45.2. The molecular weight excluding hydrogens is 455 g/mol. The number of fused-ring (bicyclic) bond motifs is 1. The standard InChI is InChI=1S/C24H23ClF3N3O2/c1-33-21-12-14(25)6-11-18(21)23(32)30-16-9-7-15(8-10-16)29-20-13-22(24(26,27)28)31-19-5-3-2-4-17(19)20/h2-6,11-13,15-16H,7-10H2,1H3,(H,29,31)(H,30,32). The van der Waals surface area contributed by atoms with Gasteiger partial charge in [0.15, 0.2) is 0 Å². The van der Waals surface area contributed by atoms with Crippen LogP contribution in [0, 0.1) is 0 Å². The van der Waals surface area contributed by atoms with E-state index < -0.39 is 11.9 Å². The number of aromatic nitrogens is 1. The number of anilines is 1. The van der Waals surface area contributed by atoms with E-state index in [-0.39, 0.29) is 18.0 Å². The number of ether oxygens (including phenoxy) is 1. The fourth-order valence-electron chi connectivity index (χ4n) is 4.16. The third-order valence-corrected chi connectivity index (χ3v) is 6.07. The Morgan fingerprint density at radius 1 is 1.06 bits per heavy atom.